The van der Waals surface area contributed by atoms with Gasteiger partial charge in [-0.15, -0.1) is 0 Å². The van der Waals surface area contributed by atoms with Crippen LogP contribution >= 0.6 is 0 Å². The maximum Gasteiger partial charge on any atom is 0.258 e. The van der Waals surface area contributed by atoms with Gasteiger partial charge in [0.05, 0.1) is 17.1 Å². The molecule has 3 heterocycles. The fourth-order valence-electron chi connectivity index (χ4n) is 7.74. The lowest BCUT2D eigenvalue weighted by atomic mass is 9.99. The number of aromatic nitrogens is 3. The van der Waals surface area contributed by atoms with Crippen molar-refractivity contribution in [2.24, 2.45) is 17.8 Å². The lowest BCUT2D eigenvalue weighted by Gasteiger charge is -2.29. The summed E-state index contributed by atoms with van der Waals surface area (Å²) in [5, 5.41) is 0. The maximum atomic E-state index is 15.2. The van der Waals surface area contributed by atoms with Crippen LogP contribution in [0.15, 0.2) is 164 Å². The predicted molar refractivity (Wildman–Crippen MR) is 269 cm³/mol. The van der Waals surface area contributed by atoms with Gasteiger partial charge in [0, 0.05) is 88.7 Å². The van der Waals surface area contributed by atoms with Crippen LogP contribution in [0.4, 0.5) is 17.1 Å². The highest BCUT2D eigenvalue weighted by atomic mass is 16.2. The molecule has 0 aliphatic rings. The number of nitrogens with zero attached hydrogens (tertiary/aromatic N) is 6. The lowest BCUT2D eigenvalue weighted by molar-refractivity contribution is 0.0982. The average molecular weight is 877 g/mol. The Kier molecular flexibility index (Phi) is 15.6. The molecule has 0 aliphatic carbocycles. The predicted octanol–water partition coefficient (Wildman–Crippen LogP) is 13.0. The fraction of sp³-hybridized carbons (Fsp3) is 0.263. The number of pyridine rings is 3. The second kappa shape index (κ2) is 22.1. The molecule has 0 aliphatic heterocycles. The maximum absolute atomic E-state index is 15.2. The summed E-state index contributed by atoms with van der Waals surface area (Å²) in [7, 11) is 0. The number of carbonyl (C=O) groups is 3. The molecule has 0 bridgehead atoms. The molecule has 0 N–H and O–H groups in total. The Bertz CT molecular complexity index is 2370. The van der Waals surface area contributed by atoms with E-state index in [0.29, 0.717) is 36.7 Å². The van der Waals surface area contributed by atoms with Crippen molar-refractivity contribution in [1.82, 2.24) is 15.0 Å². The third-order valence-electron chi connectivity index (χ3n) is 12.4. The molecular weight excluding hydrogens is 817 g/mol. The fourth-order valence-corrected chi connectivity index (χ4v) is 7.74. The normalized spacial score (nSPS) is 12.5. The molecule has 0 spiro atoms. The van der Waals surface area contributed by atoms with Crippen molar-refractivity contribution < 1.29 is 14.4 Å². The molecule has 0 saturated carbocycles. The van der Waals surface area contributed by atoms with Crippen molar-refractivity contribution in [3.05, 3.63) is 181 Å². The van der Waals surface area contributed by atoms with Crippen LogP contribution in [0.2, 0.25) is 0 Å². The van der Waals surface area contributed by atoms with Gasteiger partial charge < -0.3 is 14.7 Å². The van der Waals surface area contributed by atoms with Crippen LogP contribution in [-0.4, -0.2) is 52.3 Å². The second-order valence-electron chi connectivity index (χ2n) is 17.4. The van der Waals surface area contributed by atoms with Crippen LogP contribution in [0.3, 0.4) is 0 Å². The summed E-state index contributed by atoms with van der Waals surface area (Å²) >= 11 is 0. The third-order valence-corrected chi connectivity index (χ3v) is 12.4. The van der Waals surface area contributed by atoms with Crippen LogP contribution in [0.25, 0.3) is 33.8 Å². The minimum absolute atomic E-state index is 0.162. The van der Waals surface area contributed by atoms with Gasteiger partial charge in [-0.1, -0.05) is 115 Å². The first kappa shape index (κ1) is 46.7. The summed E-state index contributed by atoms with van der Waals surface area (Å²) in [6.07, 6.45) is 7.84. The quantitative estimate of drug-likeness (QED) is 0.0851. The molecule has 4 aromatic carbocycles. The van der Waals surface area contributed by atoms with Crippen LogP contribution in [0, 0.1) is 17.8 Å². The average Bonchev–Trinajstić information content (AvgIpc) is 3.38. The number of amides is 3. The van der Waals surface area contributed by atoms with E-state index in [9.17, 15) is 0 Å². The molecule has 336 valence electrons. The summed E-state index contributed by atoms with van der Waals surface area (Å²) in [5.41, 5.74) is 8.18. The molecule has 7 aromatic rings. The van der Waals surface area contributed by atoms with Gasteiger partial charge in [0.15, 0.2) is 0 Å². The number of carbonyl (C=O) groups excluding carboxylic acids is 3. The molecule has 9 heteroatoms. The number of benzene rings is 4. The Balaban J connectivity index is 1.34. The van der Waals surface area contributed by atoms with E-state index < -0.39 is 0 Å². The standard InChI is InChI=1S/C57H60N6O3/c1-7-40(4)37-61(49-25-19-43(20-26-49)52-16-10-13-31-58-52)55(64)46-34-47(56(65)62(38-41(5)8-2)50-27-21-44(22-28-50)53-17-11-14-32-59-53)36-48(35-46)57(66)63(39-42(6)9-3)51-29-23-45(24-30-51)54-18-12-15-33-60-54/h10-36,40-42H,7-9,37-39H2,1-6H3. The van der Waals surface area contributed by atoms with Crippen molar-refractivity contribution in [2.45, 2.75) is 60.8 Å². The highest BCUT2D eigenvalue weighted by Gasteiger charge is 2.28. The van der Waals surface area contributed by atoms with Gasteiger partial charge >= 0.3 is 0 Å². The topological polar surface area (TPSA) is 99.6 Å². The molecule has 3 atom stereocenters. The second-order valence-corrected chi connectivity index (χ2v) is 17.4. The molecule has 0 radical (unpaired) electrons. The van der Waals surface area contributed by atoms with Gasteiger partial charge in [0.25, 0.3) is 17.7 Å². The molecule has 7 rings (SSSR count). The third kappa shape index (κ3) is 11.3. The number of hydrogen-bond donors (Lipinski definition) is 0. The summed E-state index contributed by atoms with van der Waals surface area (Å²) in [4.78, 5) is 64.5. The van der Waals surface area contributed by atoms with Crippen molar-refractivity contribution in [3.8, 4) is 33.8 Å². The largest absolute Gasteiger partial charge is 0.308 e. The van der Waals surface area contributed by atoms with E-state index in [1.165, 1.54) is 0 Å². The zero-order valence-corrected chi connectivity index (χ0v) is 39.0. The Hall–Kier alpha value is -7.26. The van der Waals surface area contributed by atoms with E-state index in [4.69, 9.17) is 0 Å². The first-order valence-corrected chi connectivity index (χ1v) is 23.2. The summed E-state index contributed by atoms with van der Waals surface area (Å²) in [6, 6.07) is 45.8. The van der Waals surface area contributed by atoms with E-state index in [2.05, 4.69) is 56.5 Å². The van der Waals surface area contributed by atoms with Crippen LogP contribution < -0.4 is 14.7 Å². The smallest absolute Gasteiger partial charge is 0.258 e. The van der Waals surface area contributed by atoms with Gasteiger partial charge in [-0.25, -0.2) is 0 Å². The molecule has 9 nitrogen and oxygen atoms in total. The Morgan fingerprint density at radius 1 is 0.394 bits per heavy atom. The SMILES string of the molecule is CCC(C)CN(C(=O)c1cc(C(=O)N(CC(C)CC)c2ccc(-c3ccccn3)cc2)cc(C(=O)N(CC(C)CC)c2ccc(-c3ccccn3)cc2)c1)c1ccc(-c2ccccn2)cc1. The Labute approximate surface area is 390 Å². The van der Waals surface area contributed by atoms with Gasteiger partial charge in [-0.05, 0) is 109 Å². The zero-order chi connectivity index (χ0) is 46.6. The van der Waals surface area contributed by atoms with Gasteiger partial charge in [0.1, 0.15) is 0 Å². The minimum atomic E-state index is -0.300. The number of hydrogen-bond acceptors (Lipinski definition) is 6. The molecule has 3 unspecified atom stereocenters. The van der Waals surface area contributed by atoms with Crippen LogP contribution in [0.5, 0.6) is 0 Å². The van der Waals surface area contributed by atoms with Crippen molar-refractivity contribution in [3.63, 3.8) is 0 Å². The highest BCUT2D eigenvalue weighted by molar-refractivity contribution is 6.14. The van der Waals surface area contributed by atoms with Gasteiger partial charge in [-0.2, -0.15) is 0 Å². The summed E-state index contributed by atoms with van der Waals surface area (Å²) in [6.45, 7) is 14.0. The molecular formula is C57H60N6O3. The molecule has 3 aromatic heterocycles. The number of anilines is 3. The van der Waals surface area contributed by atoms with E-state index in [0.717, 1.165) is 53.0 Å². The number of rotatable bonds is 18. The van der Waals surface area contributed by atoms with Gasteiger partial charge in [0.2, 0.25) is 0 Å². The van der Waals surface area contributed by atoms with E-state index in [-0.39, 0.29) is 52.2 Å². The van der Waals surface area contributed by atoms with E-state index in [1.807, 2.05) is 127 Å². The Morgan fingerprint density at radius 2 is 0.652 bits per heavy atom. The summed E-state index contributed by atoms with van der Waals surface area (Å²) < 4.78 is 0. The minimum Gasteiger partial charge on any atom is -0.308 e. The van der Waals surface area contributed by atoms with Crippen molar-refractivity contribution >= 4 is 34.8 Å². The molecule has 0 saturated heterocycles. The Morgan fingerprint density at radius 3 is 0.864 bits per heavy atom. The molecule has 66 heavy (non-hydrogen) atoms. The van der Waals surface area contributed by atoms with E-state index in [1.54, 1.807) is 51.5 Å². The first-order chi connectivity index (χ1) is 32.1. The van der Waals surface area contributed by atoms with Crippen molar-refractivity contribution in [2.75, 3.05) is 34.3 Å². The van der Waals surface area contributed by atoms with Crippen molar-refractivity contribution in [1.29, 1.82) is 0 Å². The highest BCUT2D eigenvalue weighted by Crippen LogP contribution is 2.30. The molecule has 0 fully saturated rings. The zero-order valence-electron chi connectivity index (χ0n) is 39.0. The van der Waals surface area contributed by atoms with E-state index >= 15 is 14.4 Å². The molecule has 3 amide bonds. The monoisotopic (exact) mass is 876 g/mol. The van der Waals surface area contributed by atoms with Crippen LogP contribution in [0.1, 0.15) is 91.9 Å². The van der Waals surface area contributed by atoms with Gasteiger partial charge in [-0.3, -0.25) is 29.3 Å². The lowest BCUT2D eigenvalue weighted by Crippen LogP contribution is -2.38. The van der Waals surface area contributed by atoms with Crippen LogP contribution in [-0.2, 0) is 0 Å². The first-order valence-electron chi connectivity index (χ1n) is 23.2. The summed E-state index contributed by atoms with van der Waals surface area (Å²) in [5.74, 6) is -0.413.